The van der Waals surface area contributed by atoms with Gasteiger partial charge in [-0.05, 0) is 25.0 Å². The van der Waals surface area contributed by atoms with Gasteiger partial charge in [-0.2, -0.15) is 0 Å². The van der Waals surface area contributed by atoms with Crippen molar-refractivity contribution in [3.05, 3.63) is 29.8 Å². The molecule has 5 heteroatoms. The molecule has 0 amide bonds. The van der Waals surface area contributed by atoms with Gasteiger partial charge in [-0.1, -0.05) is 18.2 Å². The SMILES string of the molecule is CC1OCCC1(N)C1CS(=O)(=O)c2ccccc21. The van der Waals surface area contributed by atoms with Gasteiger partial charge in [0, 0.05) is 12.5 Å². The Morgan fingerprint density at radius 2 is 2.11 bits per heavy atom. The average molecular weight is 267 g/mol. The minimum absolute atomic E-state index is 0.108. The molecule has 3 rings (SSSR count). The molecule has 0 aromatic heterocycles. The van der Waals surface area contributed by atoms with Gasteiger partial charge in [-0.3, -0.25) is 0 Å². The highest BCUT2D eigenvalue weighted by Crippen LogP contribution is 2.45. The Bertz CT molecular complexity index is 584. The first-order valence-electron chi connectivity index (χ1n) is 6.17. The summed E-state index contributed by atoms with van der Waals surface area (Å²) < 4.78 is 29.9. The normalized spacial score (nSPS) is 37.7. The van der Waals surface area contributed by atoms with Crippen LogP contribution in [0.2, 0.25) is 0 Å². The van der Waals surface area contributed by atoms with Crippen molar-refractivity contribution in [3.8, 4) is 0 Å². The molecule has 1 fully saturated rings. The molecule has 0 aliphatic carbocycles. The van der Waals surface area contributed by atoms with E-state index in [2.05, 4.69) is 0 Å². The van der Waals surface area contributed by atoms with Gasteiger partial charge in [0.1, 0.15) is 0 Å². The molecule has 1 aromatic carbocycles. The molecule has 4 nitrogen and oxygen atoms in total. The zero-order valence-electron chi connectivity index (χ0n) is 10.3. The van der Waals surface area contributed by atoms with Crippen LogP contribution in [0.1, 0.15) is 24.8 Å². The number of nitrogens with two attached hydrogens (primary N) is 1. The summed E-state index contributed by atoms with van der Waals surface area (Å²) in [5, 5.41) is 0. The van der Waals surface area contributed by atoms with Gasteiger partial charge in [-0.25, -0.2) is 8.42 Å². The van der Waals surface area contributed by atoms with E-state index >= 15 is 0 Å². The van der Waals surface area contributed by atoms with Crippen LogP contribution in [-0.4, -0.2) is 32.4 Å². The van der Waals surface area contributed by atoms with Crippen LogP contribution in [0.5, 0.6) is 0 Å². The molecule has 2 aliphatic rings. The van der Waals surface area contributed by atoms with E-state index in [0.29, 0.717) is 17.9 Å². The van der Waals surface area contributed by atoms with Gasteiger partial charge < -0.3 is 10.5 Å². The lowest BCUT2D eigenvalue weighted by molar-refractivity contribution is 0.0891. The number of sulfone groups is 1. The van der Waals surface area contributed by atoms with E-state index in [1.165, 1.54) is 0 Å². The fourth-order valence-electron chi connectivity index (χ4n) is 3.12. The Morgan fingerprint density at radius 3 is 2.78 bits per heavy atom. The van der Waals surface area contributed by atoms with Crippen molar-refractivity contribution >= 4 is 9.84 Å². The van der Waals surface area contributed by atoms with Crippen LogP contribution in [-0.2, 0) is 14.6 Å². The molecule has 0 spiro atoms. The minimum Gasteiger partial charge on any atom is -0.376 e. The van der Waals surface area contributed by atoms with Crippen molar-refractivity contribution in [2.24, 2.45) is 5.73 Å². The van der Waals surface area contributed by atoms with Crippen molar-refractivity contribution in [2.45, 2.75) is 35.8 Å². The summed E-state index contributed by atoms with van der Waals surface area (Å²) in [6, 6.07) is 7.19. The first kappa shape index (κ1) is 12.1. The zero-order valence-corrected chi connectivity index (χ0v) is 11.1. The molecule has 1 aromatic rings. The summed E-state index contributed by atoms with van der Waals surface area (Å²) in [6.07, 6.45) is 0.603. The highest BCUT2D eigenvalue weighted by Gasteiger charge is 2.50. The lowest BCUT2D eigenvalue weighted by Gasteiger charge is -2.33. The van der Waals surface area contributed by atoms with Crippen molar-refractivity contribution in [1.82, 2.24) is 0 Å². The second-order valence-electron chi connectivity index (χ2n) is 5.25. The molecule has 2 N–H and O–H groups in total. The van der Waals surface area contributed by atoms with Crippen LogP contribution in [0, 0.1) is 0 Å². The van der Waals surface area contributed by atoms with Crippen LogP contribution in [0.3, 0.4) is 0 Å². The molecule has 0 bridgehead atoms. The molecule has 2 heterocycles. The van der Waals surface area contributed by atoms with Crippen LogP contribution in [0.15, 0.2) is 29.2 Å². The summed E-state index contributed by atoms with van der Waals surface area (Å²) in [7, 11) is -3.19. The van der Waals surface area contributed by atoms with Crippen molar-refractivity contribution in [2.75, 3.05) is 12.4 Å². The Morgan fingerprint density at radius 1 is 1.39 bits per heavy atom. The third-order valence-electron chi connectivity index (χ3n) is 4.32. The number of hydrogen-bond donors (Lipinski definition) is 1. The molecule has 0 saturated carbocycles. The molecule has 1 saturated heterocycles. The smallest absolute Gasteiger partial charge is 0.179 e. The predicted molar refractivity (Wildman–Crippen MR) is 68.2 cm³/mol. The molecule has 0 radical (unpaired) electrons. The largest absolute Gasteiger partial charge is 0.376 e. The van der Waals surface area contributed by atoms with Gasteiger partial charge >= 0.3 is 0 Å². The van der Waals surface area contributed by atoms with E-state index in [4.69, 9.17) is 10.5 Å². The fourth-order valence-corrected chi connectivity index (χ4v) is 5.09. The molecular weight excluding hydrogens is 250 g/mol. The lowest BCUT2D eigenvalue weighted by atomic mass is 9.77. The van der Waals surface area contributed by atoms with E-state index in [1.807, 2.05) is 19.1 Å². The summed E-state index contributed by atoms with van der Waals surface area (Å²) in [6.45, 7) is 2.54. The Balaban J connectivity index is 2.12. The van der Waals surface area contributed by atoms with Gasteiger partial charge in [0.05, 0.1) is 22.3 Å². The van der Waals surface area contributed by atoms with E-state index in [1.54, 1.807) is 12.1 Å². The first-order valence-corrected chi connectivity index (χ1v) is 7.82. The van der Waals surface area contributed by atoms with E-state index in [9.17, 15) is 8.42 Å². The van der Waals surface area contributed by atoms with Crippen LogP contribution in [0.4, 0.5) is 0 Å². The monoisotopic (exact) mass is 267 g/mol. The molecule has 98 valence electrons. The van der Waals surface area contributed by atoms with Crippen molar-refractivity contribution in [1.29, 1.82) is 0 Å². The average Bonchev–Trinajstić information content (AvgIpc) is 2.81. The Hall–Kier alpha value is -0.910. The summed E-state index contributed by atoms with van der Waals surface area (Å²) >= 11 is 0. The minimum atomic E-state index is -3.19. The van der Waals surface area contributed by atoms with E-state index < -0.39 is 15.4 Å². The Kier molecular flexibility index (Phi) is 2.56. The van der Waals surface area contributed by atoms with Gasteiger partial charge in [-0.15, -0.1) is 0 Å². The van der Waals surface area contributed by atoms with Crippen molar-refractivity contribution < 1.29 is 13.2 Å². The third kappa shape index (κ3) is 1.54. The molecule has 3 atom stereocenters. The highest BCUT2D eigenvalue weighted by molar-refractivity contribution is 7.91. The third-order valence-corrected chi connectivity index (χ3v) is 6.14. The first-order chi connectivity index (χ1) is 8.45. The van der Waals surface area contributed by atoms with Crippen LogP contribution >= 0.6 is 0 Å². The number of fused-ring (bicyclic) bond motifs is 1. The van der Waals surface area contributed by atoms with Crippen LogP contribution in [0.25, 0.3) is 0 Å². The maximum Gasteiger partial charge on any atom is 0.179 e. The fraction of sp³-hybridized carbons (Fsp3) is 0.538. The quantitative estimate of drug-likeness (QED) is 0.826. The maximum absolute atomic E-state index is 12.2. The number of ether oxygens (including phenoxy) is 1. The number of rotatable bonds is 1. The van der Waals surface area contributed by atoms with Crippen molar-refractivity contribution in [3.63, 3.8) is 0 Å². The van der Waals surface area contributed by atoms with Gasteiger partial charge in [0.2, 0.25) is 0 Å². The summed E-state index contributed by atoms with van der Waals surface area (Å²) in [4.78, 5) is 0.443. The predicted octanol–water partition coefficient (Wildman–Crippen LogP) is 1.06. The molecule has 18 heavy (non-hydrogen) atoms. The van der Waals surface area contributed by atoms with Gasteiger partial charge in [0.25, 0.3) is 0 Å². The summed E-state index contributed by atoms with van der Waals surface area (Å²) in [5.74, 6) is -0.0486. The second-order valence-corrected chi connectivity index (χ2v) is 7.25. The maximum atomic E-state index is 12.2. The van der Waals surface area contributed by atoms with Crippen LogP contribution < -0.4 is 5.73 Å². The highest BCUT2D eigenvalue weighted by atomic mass is 32.2. The molecular formula is C13H17NO3S. The second kappa shape index (κ2) is 3.79. The Labute approximate surface area is 107 Å². The van der Waals surface area contributed by atoms with E-state index in [-0.39, 0.29) is 17.8 Å². The molecule has 2 aliphatic heterocycles. The zero-order chi connectivity index (χ0) is 13.0. The number of hydrogen-bond acceptors (Lipinski definition) is 4. The van der Waals surface area contributed by atoms with Gasteiger partial charge in [0.15, 0.2) is 9.84 Å². The standard InChI is InChI=1S/C13H17NO3S/c1-9-13(14,6-7-17-9)11-8-18(15,16)12-5-3-2-4-10(11)12/h2-5,9,11H,6-8,14H2,1H3. The van der Waals surface area contributed by atoms with E-state index in [0.717, 1.165) is 5.56 Å². The molecule has 3 unspecified atom stereocenters. The number of benzene rings is 1. The topological polar surface area (TPSA) is 69.4 Å². The summed E-state index contributed by atoms with van der Waals surface area (Å²) in [5.41, 5.74) is 6.74. The lowest BCUT2D eigenvalue weighted by Crippen LogP contribution is -2.51.